The third-order valence-corrected chi connectivity index (χ3v) is 5.23. The van der Waals surface area contributed by atoms with Crippen LogP contribution in [0, 0.1) is 27.2 Å². The van der Waals surface area contributed by atoms with Gasteiger partial charge < -0.3 is 10.1 Å². The molecule has 0 aromatic heterocycles. The summed E-state index contributed by atoms with van der Waals surface area (Å²) < 4.78 is 30.4. The van der Waals surface area contributed by atoms with Crippen molar-refractivity contribution in [1.82, 2.24) is 0 Å². The molecule has 0 spiro atoms. The molecular weight excluding hydrogens is 420 g/mol. The maximum Gasteiger partial charge on any atom is 0.274 e. The van der Waals surface area contributed by atoms with E-state index in [1.54, 1.807) is 0 Å². The van der Waals surface area contributed by atoms with Gasteiger partial charge in [-0.05, 0) is 19.1 Å². The van der Waals surface area contributed by atoms with E-state index in [1.807, 2.05) is 0 Å². The Labute approximate surface area is 171 Å². The smallest absolute Gasteiger partial charge is 0.274 e. The molecule has 0 atom stereocenters. The van der Waals surface area contributed by atoms with Crippen molar-refractivity contribution in [3.05, 3.63) is 62.2 Å². The highest BCUT2D eigenvalue weighted by molar-refractivity contribution is 7.92. The molecule has 2 rings (SSSR count). The largest absolute Gasteiger partial charge is 0.495 e. The minimum absolute atomic E-state index is 0.00496. The molecule has 0 fully saturated rings. The van der Waals surface area contributed by atoms with Crippen LogP contribution < -0.4 is 14.4 Å². The first-order valence-electron chi connectivity index (χ1n) is 8.29. The fraction of sp³-hybridized carbons (Fsp3) is 0.235. The Bertz CT molecular complexity index is 1120. The van der Waals surface area contributed by atoms with Crippen molar-refractivity contribution in [2.75, 3.05) is 29.5 Å². The summed E-state index contributed by atoms with van der Waals surface area (Å²) in [5, 5.41) is 24.6. The number of benzene rings is 2. The lowest BCUT2D eigenvalue weighted by Gasteiger charge is -2.23. The maximum absolute atomic E-state index is 12.5. The van der Waals surface area contributed by atoms with Crippen LogP contribution >= 0.6 is 0 Å². The summed E-state index contributed by atoms with van der Waals surface area (Å²) in [6.45, 7) is 0.699. The summed E-state index contributed by atoms with van der Waals surface area (Å²) in [6.07, 6.45) is 0.831. The van der Waals surface area contributed by atoms with E-state index < -0.39 is 38.0 Å². The summed E-state index contributed by atoms with van der Waals surface area (Å²) in [5.74, 6) is -0.803. The number of carbonyl (C=O) groups is 1. The predicted molar refractivity (Wildman–Crippen MR) is 108 cm³/mol. The SMILES string of the molecule is COc1ccc([N+](=O)[O-])cc1N(CC(=O)Nc1cccc([N+](=O)[O-])c1C)S(C)(=O)=O. The van der Waals surface area contributed by atoms with Gasteiger partial charge in [0.15, 0.2) is 0 Å². The van der Waals surface area contributed by atoms with Gasteiger partial charge in [-0.2, -0.15) is 0 Å². The molecule has 12 nitrogen and oxygen atoms in total. The fourth-order valence-corrected chi connectivity index (χ4v) is 3.50. The Hall–Kier alpha value is -3.74. The number of sulfonamides is 1. The number of hydrogen-bond donors (Lipinski definition) is 1. The van der Waals surface area contributed by atoms with E-state index in [9.17, 15) is 33.4 Å². The van der Waals surface area contributed by atoms with Crippen molar-refractivity contribution in [3.63, 3.8) is 0 Å². The van der Waals surface area contributed by atoms with Crippen molar-refractivity contribution in [2.45, 2.75) is 6.92 Å². The fourth-order valence-electron chi connectivity index (χ4n) is 2.64. The number of amides is 1. The van der Waals surface area contributed by atoms with Crippen LogP contribution in [0.4, 0.5) is 22.7 Å². The Morgan fingerprint density at radius 1 is 1.17 bits per heavy atom. The van der Waals surface area contributed by atoms with Crippen LogP contribution in [0.5, 0.6) is 5.75 Å². The standard InChI is InChI=1S/C17H18N4O8S/c1-11-13(5-4-6-14(11)21(25)26)18-17(22)10-19(30(3,27)28)15-9-12(20(23)24)7-8-16(15)29-2/h4-9H,10H2,1-3H3,(H,18,22). The number of nitrogens with one attached hydrogen (secondary N) is 1. The molecule has 1 N–H and O–H groups in total. The van der Waals surface area contributed by atoms with Crippen LogP contribution in [-0.2, 0) is 14.8 Å². The van der Waals surface area contributed by atoms with E-state index in [0.29, 0.717) is 4.31 Å². The van der Waals surface area contributed by atoms with Crippen molar-refractivity contribution in [2.24, 2.45) is 0 Å². The van der Waals surface area contributed by atoms with Gasteiger partial charge in [0.2, 0.25) is 15.9 Å². The monoisotopic (exact) mass is 438 g/mol. The molecule has 0 bridgehead atoms. The molecule has 0 radical (unpaired) electrons. The number of methoxy groups -OCH3 is 1. The van der Waals surface area contributed by atoms with Gasteiger partial charge in [-0.15, -0.1) is 0 Å². The zero-order valence-corrected chi connectivity index (χ0v) is 17.0. The number of nitro benzene ring substituents is 2. The Kier molecular flexibility index (Phi) is 6.56. The molecule has 0 aliphatic heterocycles. The molecular formula is C17H18N4O8S. The highest BCUT2D eigenvalue weighted by Crippen LogP contribution is 2.34. The number of hydrogen-bond acceptors (Lipinski definition) is 8. The summed E-state index contributed by atoms with van der Waals surface area (Å²) >= 11 is 0. The Morgan fingerprint density at radius 3 is 2.37 bits per heavy atom. The molecule has 30 heavy (non-hydrogen) atoms. The molecule has 0 aliphatic rings. The van der Waals surface area contributed by atoms with Crippen molar-refractivity contribution >= 4 is 38.7 Å². The molecule has 0 aliphatic carbocycles. The zero-order chi connectivity index (χ0) is 22.6. The van der Waals surface area contributed by atoms with Crippen molar-refractivity contribution in [3.8, 4) is 5.75 Å². The van der Waals surface area contributed by atoms with Gasteiger partial charge in [-0.1, -0.05) is 6.07 Å². The predicted octanol–water partition coefficient (Wildman–Crippen LogP) is 2.22. The van der Waals surface area contributed by atoms with Gasteiger partial charge in [-0.25, -0.2) is 8.42 Å². The van der Waals surface area contributed by atoms with Crippen LogP contribution in [0.1, 0.15) is 5.56 Å². The van der Waals surface area contributed by atoms with Gasteiger partial charge in [0, 0.05) is 18.2 Å². The van der Waals surface area contributed by atoms with Crippen LogP contribution in [-0.4, -0.2) is 44.1 Å². The second kappa shape index (κ2) is 8.73. The first kappa shape index (κ1) is 22.5. The lowest BCUT2D eigenvalue weighted by atomic mass is 10.1. The summed E-state index contributed by atoms with van der Waals surface area (Å²) in [6, 6.07) is 7.40. The number of anilines is 2. The number of nitrogens with zero attached hydrogens (tertiary/aromatic N) is 3. The molecule has 1 amide bonds. The lowest BCUT2D eigenvalue weighted by molar-refractivity contribution is -0.385. The normalized spacial score (nSPS) is 10.9. The minimum Gasteiger partial charge on any atom is -0.495 e. The van der Waals surface area contributed by atoms with Crippen LogP contribution in [0.3, 0.4) is 0 Å². The third-order valence-electron chi connectivity index (χ3n) is 4.11. The molecule has 2 aromatic carbocycles. The van der Waals surface area contributed by atoms with E-state index in [2.05, 4.69) is 5.32 Å². The molecule has 0 saturated carbocycles. The first-order chi connectivity index (χ1) is 14.0. The third kappa shape index (κ3) is 5.00. The van der Waals surface area contributed by atoms with Gasteiger partial charge in [0.25, 0.3) is 11.4 Å². The van der Waals surface area contributed by atoms with Crippen molar-refractivity contribution in [1.29, 1.82) is 0 Å². The van der Waals surface area contributed by atoms with E-state index in [-0.39, 0.29) is 28.4 Å². The van der Waals surface area contributed by atoms with Crippen molar-refractivity contribution < 1.29 is 27.8 Å². The van der Waals surface area contributed by atoms with Gasteiger partial charge in [-0.3, -0.25) is 29.3 Å². The van der Waals surface area contributed by atoms with Crippen LogP contribution in [0.2, 0.25) is 0 Å². The van der Waals surface area contributed by atoms with Crippen LogP contribution in [0.25, 0.3) is 0 Å². The quantitative estimate of drug-likeness (QED) is 0.484. The average molecular weight is 438 g/mol. The Balaban J connectivity index is 2.41. The lowest BCUT2D eigenvalue weighted by Crippen LogP contribution is -2.37. The summed E-state index contributed by atoms with van der Waals surface area (Å²) in [4.78, 5) is 33.3. The Morgan fingerprint density at radius 2 is 1.83 bits per heavy atom. The topological polar surface area (TPSA) is 162 Å². The number of rotatable bonds is 8. The highest BCUT2D eigenvalue weighted by Gasteiger charge is 2.26. The maximum atomic E-state index is 12.5. The number of non-ortho nitro benzene ring substituents is 1. The number of carbonyl (C=O) groups excluding carboxylic acids is 1. The van der Waals surface area contributed by atoms with E-state index >= 15 is 0 Å². The van der Waals surface area contributed by atoms with E-state index in [0.717, 1.165) is 18.4 Å². The summed E-state index contributed by atoms with van der Waals surface area (Å²) in [5.41, 5.74) is -0.481. The zero-order valence-electron chi connectivity index (χ0n) is 16.2. The van der Waals surface area contributed by atoms with E-state index in [4.69, 9.17) is 4.74 Å². The number of nitro groups is 2. The molecule has 13 heteroatoms. The molecule has 0 saturated heterocycles. The van der Waals surface area contributed by atoms with Crippen LogP contribution in [0.15, 0.2) is 36.4 Å². The molecule has 160 valence electrons. The summed E-state index contributed by atoms with van der Waals surface area (Å²) in [7, 11) is -2.80. The second-order valence-electron chi connectivity index (χ2n) is 6.14. The van der Waals surface area contributed by atoms with Gasteiger partial charge in [0.1, 0.15) is 18.0 Å². The highest BCUT2D eigenvalue weighted by atomic mass is 32.2. The van der Waals surface area contributed by atoms with Gasteiger partial charge >= 0.3 is 0 Å². The number of ether oxygens (including phenoxy) is 1. The molecule has 0 unspecified atom stereocenters. The first-order valence-corrected chi connectivity index (χ1v) is 10.1. The molecule has 2 aromatic rings. The minimum atomic E-state index is -4.05. The van der Waals surface area contributed by atoms with E-state index in [1.165, 1.54) is 38.3 Å². The second-order valence-corrected chi connectivity index (χ2v) is 8.04. The average Bonchev–Trinajstić information content (AvgIpc) is 2.66. The van der Waals surface area contributed by atoms with Gasteiger partial charge in [0.05, 0.1) is 34.5 Å². The molecule has 0 heterocycles.